The van der Waals surface area contributed by atoms with E-state index in [1.165, 1.54) is 0 Å². The van der Waals surface area contributed by atoms with Gasteiger partial charge in [-0.05, 0) is 12.1 Å². The summed E-state index contributed by atoms with van der Waals surface area (Å²) in [5.41, 5.74) is 0.838. The normalized spacial score (nSPS) is 9.12. The Morgan fingerprint density at radius 3 is 2.71 bits per heavy atom. The molecule has 88 valence electrons. The molecule has 17 heavy (non-hydrogen) atoms. The second-order valence-corrected chi connectivity index (χ2v) is 3.17. The minimum absolute atomic E-state index is 0.174. The Bertz CT molecular complexity index is 425. The highest BCUT2D eigenvalue weighted by Crippen LogP contribution is 1.92. The molecule has 0 unspecified atom stereocenters. The van der Waals surface area contributed by atoms with Crippen molar-refractivity contribution in [2.24, 2.45) is 0 Å². The quantitative estimate of drug-likeness (QED) is 0.534. The topological polar surface area (TPSA) is 94.9 Å². The van der Waals surface area contributed by atoms with Crippen molar-refractivity contribution in [3.63, 3.8) is 0 Å². The van der Waals surface area contributed by atoms with Gasteiger partial charge in [0.2, 0.25) is 0 Å². The molecule has 1 heterocycles. The Labute approximate surface area is 98.7 Å². The van der Waals surface area contributed by atoms with Crippen molar-refractivity contribution in [3.05, 3.63) is 30.1 Å². The first-order chi connectivity index (χ1) is 8.24. The number of hydrogen-bond acceptors (Lipinski definition) is 4. The lowest BCUT2D eigenvalue weighted by atomic mass is 10.3. The van der Waals surface area contributed by atoms with Crippen LogP contribution in [0.4, 0.5) is 0 Å². The van der Waals surface area contributed by atoms with Gasteiger partial charge in [0.1, 0.15) is 6.54 Å². The Balaban J connectivity index is 2.25. The van der Waals surface area contributed by atoms with Gasteiger partial charge in [-0.3, -0.25) is 14.6 Å². The van der Waals surface area contributed by atoms with Crippen LogP contribution in [0.5, 0.6) is 0 Å². The molecule has 6 heteroatoms. The predicted octanol–water partition coefficient (Wildman–Crippen LogP) is -0.620. The molecule has 1 rings (SSSR count). The van der Waals surface area contributed by atoms with Crippen LogP contribution in [0.25, 0.3) is 0 Å². The third-order valence-electron chi connectivity index (χ3n) is 1.93. The van der Waals surface area contributed by atoms with Crippen LogP contribution in [-0.2, 0) is 16.0 Å². The van der Waals surface area contributed by atoms with E-state index in [1.54, 1.807) is 18.3 Å². The Kier molecular flexibility index (Phi) is 5.17. The highest BCUT2D eigenvalue weighted by Gasteiger charge is 2.11. The molecule has 0 aromatic carbocycles. The van der Waals surface area contributed by atoms with Crippen LogP contribution in [0.1, 0.15) is 5.69 Å². The van der Waals surface area contributed by atoms with E-state index in [0.29, 0.717) is 13.0 Å². The van der Waals surface area contributed by atoms with Gasteiger partial charge in [0, 0.05) is 24.9 Å². The van der Waals surface area contributed by atoms with Gasteiger partial charge < -0.3 is 10.6 Å². The average Bonchev–Trinajstić information content (AvgIpc) is 2.37. The molecule has 1 aromatic heterocycles. The van der Waals surface area contributed by atoms with Gasteiger partial charge in [-0.15, -0.1) is 0 Å². The molecule has 0 atom stereocenters. The molecule has 0 aliphatic heterocycles. The van der Waals surface area contributed by atoms with E-state index in [0.717, 1.165) is 5.69 Å². The Morgan fingerprint density at radius 2 is 2.06 bits per heavy atom. The second-order valence-electron chi connectivity index (χ2n) is 3.17. The van der Waals surface area contributed by atoms with Crippen molar-refractivity contribution in [2.75, 3.05) is 13.1 Å². The highest BCUT2D eigenvalue weighted by molar-refractivity contribution is 6.35. The number of pyridine rings is 1. The van der Waals surface area contributed by atoms with Crippen LogP contribution in [0, 0.1) is 11.3 Å². The van der Waals surface area contributed by atoms with E-state index in [4.69, 9.17) is 5.26 Å². The lowest BCUT2D eigenvalue weighted by Crippen LogP contribution is -2.40. The second kappa shape index (κ2) is 6.95. The first-order valence-corrected chi connectivity index (χ1v) is 5.07. The van der Waals surface area contributed by atoms with Gasteiger partial charge in [-0.2, -0.15) is 5.26 Å². The fraction of sp³-hybridized carbons (Fsp3) is 0.273. The van der Waals surface area contributed by atoms with E-state index < -0.39 is 11.8 Å². The molecule has 1 aromatic rings. The van der Waals surface area contributed by atoms with Crippen molar-refractivity contribution in [3.8, 4) is 6.07 Å². The van der Waals surface area contributed by atoms with Crippen molar-refractivity contribution in [2.45, 2.75) is 6.42 Å². The minimum atomic E-state index is -0.799. The third kappa shape index (κ3) is 4.75. The maximum absolute atomic E-state index is 11.2. The highest BCUT2D eigenvalue weighted by atomic mass is 16.2. The number of hydrogen-bond donors (Lipinski definition) is 2. The molecule has 6 nitrogen and oxygen atoms in total. The number of rotatable bonds is 4. The van der Waals surface area contributed by atoms with Gasteiger partial charge in [-0.1, -0.05) is 6.07 Å². The largest absolute Gasteiger partial charge is 0.347 e. The smallest absolute Gasteiger partial charge is 0.310 e. The number of aromatic nitrogens is 1. The third-order valence-corrected chi connectivity index (χ3v) is 1.93. The zero-order valence-corrected chi connectivity index (χ0v) is 9.14. The van der Waals surface area contributed by atoms with Crippen molar-refractivity contribution in [1.82, 2.24) is 15.6 Å². The molecule has 0 saturated carbocycles. The van der Waals surface area contributed by atoms with Crippen LogP contribution in [0.2, 0.25) is 0 Å². The molecular weight excluding hydrogens is 220 g/mol. The standard InChI is InChI=1S/C11H12N4O2/c12-5-8-15-11(17)10(16)14-7-4-9-3-1-2-6-13-9/h1-3,6H,4,7-8H2,(H,14,16)(H,15,17). The number of nitrogens with one attached hydrogen (secondary N) is 2. The summed E-state index contributed by atoms with van der Waals surface area (Å²) >= 11 is 0. The predicted molar refractivity (Wildman–Crippen MR) is 59.6 cm³/mol. The lowest BCUT2D eigenvalue weighted by Gasteiger charge is -2.03. The fourth-order valence-electron chi connectivity index (χ4n) is 1.13. The Morgan fingerprint density at radius 1 is 1.29 bits per heavy atom. The van der Waals surface area contributed by atoms with E-state index in [2.05, 4.69) is 15.6 Å². The van der Waals surface area contributed by atoms with Gasteiger partial charge in [-0.25, -0.2) is 0 Å². The summed E-state index contributed by atoms with van der Waals surface area (Å²) < 4.78 is 0. The average molecular weight is 232 g/mol. The van der Waals surface area contributed by atoms with Gasteiger partial charge >= 0.3 is 11.8 Å². The summed E-state index contributed by atoms with van der Waals surface area (Å²) in [4.78, 5) is 26.3. The molecule has 0 aliphatic carbocycles. The molecule has 0 fully saturated rings. The van der Waals surface area contributed by atoms with E-state index in [1.807, 2.05) is 12.1 Å². The number of nitrogens with zero attached hydrogens (tertiary/aromatic N) is 2. The van der Waals surface area contributed by atoms with E-state index in [-0.39, 0.29) is 6.54 Å². The Hall–Kier alpha value is -2.42. The van der Waals surface area contributed by atoms with Crippen LogP contribution in [0.3, 0.4) is 0 Å². The molecule has 0 spiro atoms. The minimum Gasteiger partial charge on any atom is -0.347 e. The number of carbonyl (C=O) groups is 2. The first kappa shape index (κ1) is 12.6. The molecule has 0 saturated heterocycles. The molecule has 2 N–H and O–H groups in total. The monoisotopic (exact) mass is 232 g/mol. The van der Waals surface area contributed by atoms with Gasteiger partial charge in [0.25, 0.3) is 0 Å². The number of carbonyl (C=O) groups excluding carboxylic acids is 2. The summed E-state index contributed by atoms with van der Waals surface area (Å²) in [5.74, 6) is -1.54. The van der Waals surface area contributed by atoms with Crippen LogP contribution in [0.15, 0.2) is 24.4 Å². The molecule has 0 radical (unpaired) electrons. The summed E-state index contributed by atoms with van der Waals surface area (Å²) in [6, 6.07) is 7.20. The fourth-order valence-corrected chi connectivity index (χ4v) is 1.13. The van der Waals surface area contributed by atoms with E-state index >= 15 is 0 Å². The van der Waals surface area contributed by atoms with Crippen molar-refractivity contribution < 1.29 is 9.59 Å². The first-order valence-electron chi connectivity index (χ1n) is 5.07. The zero-order valence-electron chi connectivity index (χ0n) is 9.14. The summed E-state index contributed by atoms with van der Waals surface area (Å²) in [5, 5.41) is 12.8. The molecule has 0 aliphatic rings. The van der Waals surface area contributed by atoms with E-state index in [9.17, 15) is 9.59 Å². The lowest BCUT2D eigenvalue weighted by molar-refractivity contribution is -0.139. The van der Waals surface area contributed by atoms with Gasteiger partial charge in [0.15, 0.2) is 0 Å². The van der Waals surface area contributed by atoms with Crippen molar-refractivity contribution in [1.29, 1.82) is 5.26 Å². The number of nitriles is 1. The SMILES string of the molecule is N#CCNC(=O)C(=O)NCCc1ccccn1. The molecule has 2 amide bonds. The molecule has 0 bridgehead atoms. The van der Waals surface area contributed by atoms with Crippen LogP contribution in [-0.4, -0.2) is 29.9 Å². The summed E-state index contributed by atoms with van der Waals surface area (Å²) in [7, 11) is 0. The zero-order chi connectivity index (χ0) is 12.5. The van der Waals surface area contributed by atoms with Crippen LogP contribution >= 0.6 is 0 Å². The van der Waals surface area contributed by atoms with Crippen molar-refractivity contribution >= 4 is 11.8 Å². The molecular formula is C11H12N4O2. The number of amides is 2. The summed E-state index contributed by atoms with van der Waals surface area (Å²) in [6.45, 7) is 0.155. The summed E-state index contributed by atoms with van der Waals surface area (Å²) in [6.07, 6.45) is 2.22. The maximum Gasteiger partial charge on any atom is 0.310 e. The van der Waals surface area contributed by atoms with Crippen LogP contribution < -0.4 is 10.6 Å². The maximum atomic E-state index is 11.2. The van der Waals surface area contributed by atoms with Gasteiger partial charge in [0.05, 0.1) is 6.07 Å².